The van der Waals surface area contributed by atoms with Crippen LogP contribution in [0.1, 0.15) is 39.3 Å². The summed E-state index contributed by atoms with van der Waals surface area (Å²) < 4.78 is 11.5. The van der Waals surface area contributed by atoms with Crippen LogP contribution in [0.3, 0.4) is 0 Å². The van der Waals surface area contributed by atoms with Crippen molar-refractivity contribution in [1.82, 2.24) is 5.32 Å². The minimum Gasteiger partial charge on any atom is -0.494 e. The maximum absolute atomic E-state index is 5.74. The maximum Gasteiger partial charge on any atom is 0.124 e. The lowest BCUT2D eigenvalue weighted by Gasteiger charge is -2.36. The molecule has 0 aliphatic heterocycles. The van der Waals surface area contributed by atoms with Crippen LogP contribution in [0.5, 0.6) is 5.75 Å². The van der Waals surface area contributed by atoms with E-state index in [4.69, 9.17) is 9.47 Å². The van der Waals surface area contributed by atoms with Gasteiger partial charge in [-0.1, -0.05) is 39.0 Å². The molecule has 19 heavy (non-hydrogen) atoms. The number of benzene rings is 1. The Kier molecular flexibility index (Phi) is 5.83. The first-order valence-corrected chi connectivity index (χ1v) is 6.87. The van der Waals surface area contributed by atoms with Crippen molar-refractivity contribution in [2.45, 2.75) is 39.8 Å². The first-order chi connectivity index (χ1) is 8.95. The van der Waals surface area contributed by atoms with Gasteiger partial charge in [-0.05, 0) is 25.5 Å². The van der Waals surface area contributed by atoms with Crippen LogP contribution in [0.2, 0.25) is 0 Å². The minimum atomic E-state index is 0.0434. The van der Waals surface area contributed by atoms with Crippen LogP contribution < -0.4 is 10.1 Å². The maximum atomic E-state index is 5.74. The summed E-state index contributed by atoms with van der Waals surface area (Å²) in [5.41, 5.74) is 1.19. The minimum absolute atomic E-state index is 0.0434. The summed E-state index contributed by atoms with van der Waals surface area (Å²) in [4.78, 5) is 0. The zero-order chi connectivity index (χ0) is 14.5. The van der Waals surface area contributed by atoms with Gasteiger partial charge in [-0.15, -0.1) is 0 Å². The van der Waals surface area contributed by atoms with E-state index in [2.05, 4.69) is 32.2 Å². The molecule has 0 saturated heterocycles. The smallest absolute Gasteiger partial charge is 0.124 e. The van der Waals surface area contributed by atoms with E-state index in [1.807, 2.05) is 32.2 Å². The van der Waals surface area contributed by atoms with Gasteiger partial charge in [0.05, 0.1) is 18.8 Å². The molecule has 1 rings (SSSR count). The van der Waals surface area contributed by atoms with Gasteiger partial charge in [0.15, 0.2) is 0 Å². The van der Waals surface area contributed by atoms with Gasteiger partial charge in [-0.2, -0.15) is 0 Å². The number of hydrogen-bond donors (Lipinski definition) is 1. The lowest BCUT2D eigenvalue weighted by atomic mass is 9.82. The molecule has 0 aliphatic carbocycles. The van der Waals surface area contributed by atoms with Gasteiger partial charge >= 0.3 is 0 Å². The number of hydrogen-bond acceptors (Lipinski definition) is 3. The van der Waals surface area contributed by atoms with Crippen molar-refractivity contribution >= 4 is 0 Å². The quantitative estimate of drug-likeness (QED) is 0.855. The summed E-state index contributed by atoms with van der Waals surface area (Å²) >= 11 is 0. The zero-order valence-corrected chi connectivity index (χ0v) is 13.0. The third kappa shape index (κ3) is 3.95. The third-order valence-electron chi connectivity index (χ3n) is 3.28. The summed E-state index contributed by atoms with van der Waals surface area (Å²) in [6, 6.07) is 8.26. The van der Waals surface area contributed by atoms with Crippen LogP contribution in [0.25, 0.3) is 0 Å². The molecule has 3 heteroatoms. The molecule has 1 aromatic carbocycles. The van der Waals surface area contributed by atoms with Gasteiger partial charge in [0, 0.05) is 12.7 Å². The molecule has 2 atom stereocenters. The number of ether oxygens (including phenoxy) is 2. The normalized spacial score (nSPS) is 15.1. The Bertz CT molecular complexity index is 385. The van der Waals surface area contributed by atoms with Crippen molar-refractivity contribution in [1.29, 1.82) is 0 Å². The van der Waals surface area contributed by atoms with Gasteiger partial charge in [0.1, 0.15) is 5.75 Å². The van der Waals surface area contributed by atoms with Crippen molar-refractivity contribution < 1.29 is 9.47 Å². The molecule has 0 spiro atoms. The fourth-order valence-corrected chi connectivity index (χ4v) is 2.48. The van der Waals surface area contributed by atoms with E-state index in [1.165, 1.54) is 0 Å². The topological polar surface area (TPSA) is 30.5 Å². The van der Waals surface area contributed by atoms with Gasteiger partial charge in [-0.3, -0.25) is 0 Å². The standard InChI is InChI=1S/C16H27NO2/c1-7-19-13-11-9-8-10-12(13)14(17-5)15(18-6)16(2,3)4/h8-11,14-15,17H,7H2,1-6H3. The largest absolute Gasteiger partial charge is 0.494 e. The molecule has 1 N–H and O–H groups in total. The number of methoxy groups -OCH3 is 1. The summed E-state index contributed by atoms with van der Waals surface area (Å²) in [6.07, 6.45) is 0.0686. The molecule has 0 radical (unpaired) electrons. The fourth-order valence-electron chi connectivity index (χ4n) is 2.48. The second kappa shape index (κ2) is 6.92. The van der Waals surface area contributed by atoms with Gasteiger partial charge in [0.2, 0.25) is 0 Å². The molecular formula is C16H27NO2. The zero-order valence-electron chi connectivity index (χ0n) is 13.0. The molecule has 0 fully saturated rings. The number of rotatable bonds is 6. The molecule has 0 aliphatic rings. The van der Waals surface area contributed by atoms with Crippen molar-refractivity contribution in [2.75, 3.05) is 20.8 Å². The van der Waals surface area contributed by atoms with E-state index in [0.29, 0.717) is 6.61 Å². The van der Waals surface area contributed by atoms with Crippen molar-refractivity contribution in [3.63, 3.8) is 0 Å². The molecule has 0 saturated carbocycles. The number of nitrogens with one attached hydrogen (secondary N) is 1. The predicted molar refractivity (Wildman–Crippen MR) is 79.7 cm³/mol. The highest BCUT2D eigenvalue weighted by atomic mass is 16.5. The fraction of sp³-hybridized carbons (Fsp3) is 0.625. The SMILES string of the molecule is CCOc1ccccc1C(NC)C(OC)C(C)(C)C. The summed E-state index contributed by atoms with van der Waals surface area (Å²) in [5, 5.41) is 3.37. The Hall–Kier alpha value is -1.06. The average Bonchev–Trinajstić information content (AvgIpc) is 2.35. The van der Waals surface area contributed by atoms with Crippen LogP contribution >= 0.6 is 0 Å². The van der Waals surface area contributed by atoms with Gasteiger partial charge < -0.3 is 14.8 Å². The molecule has 0 bridgehead atoms. The molecule has 0 amide bonds. The van der Waals surface area contributed by atoms with E-state index >= 15 is 0 Å². The molecule has 108 valence electrons. The van der Waals surface area contributed by atoms with E-state index in [0.717, 1.165) is 11.3 Å². The van der Waals surface area contributed by atoms with Crippen LogP contribution in [-0.2, 0) is 4.74 Å². The first-order valence-electron chi connectivity index (χ1n) is 6.87. The summed E-state index contributed by atoms with van der Waals surface area (Å²) in [7, 11) is 3.73. The van der Waals surface area contributed by atoms with Crippen molar-refractivity contribution in [3.05, 3.63) is 29.8 Å². The molecule has 1 aromatic rings. The Morgan fingerprint density at radius 3 is 2.32 bits per heavy atom. The molecular weight excluding hydrogens is 238 g/mol. The highest BCUT2D eigenvalue weighted by Gasteiger charge is 2.33. The Balaban J connectivity index is 3.15. The highest BCUT2D eigenvalue weighted by Crippen LogP contribution is 2.35. The summed E-state index contributed by atoms with van der Waals surface area (Å²) in [5.74, 6) is 0.927. The lowest BCUT2D eigenvalue weighted by Crippen LogP contribution is -2.40. The average molecular weight is 265 g/mol. The Labute approximate surface area is 117 Å². The molecule has 2 unspecified atom stereocenters. The Morgan fingerprint density at radius 1 is 1.21 bits per heavy atom. The number of para-hydroxylation sites is 1. The highest BCUT2D eigenvalue weighted by molar-refractivity contribution is 5.37. The predicted octanol–water partition coefficient (Wildman–Crippen LogP) is 3.41. The van der Waals surface area contributed by atoms with Crippen LogP contribution in [0, 0.1) is 5.41 Å². The molecule has 0 aromatic heterocycles. The lowest BCUT2D eigenvalue weighted by molar-refractivity contribution is -0.0107. The number of likely N-dealkylation sites (N-methyl/N-ethyl adjacent to an activating group) is 1. The van der Waals surface area contributed by atoms with Crippen LogP contribution in [0.15, 0.2) is 24.3 Å². The van der Waals surface area contributed by atoms with Crippen LogP contribution in [0.4, 0.5) is 0 Å². The van der Waals surface area contributed by atoms with Gasteiger partial charge in [0.25, 0.3) is 0 Å². The van der Waals surface area contributed by atoms with Gasteiger partial charge in [-0.25, -0.2) is 0 Å². The first kappa shape index (κ1) is 16.0. The van der Waals surface area contributed by atoms with E-state index in [-0.39, 0.29) is 17.6 Å². The van der Waals surface area contributed by atoms with E-state index in [9.17, 15) is 0 Å². The molecule has 3 nitrogen and oxygen atoms in total. The monoisotopic (exact) mass is 265 g/mol. The third-order valence-corrected chi connectivity index (χ3v) is 3.28. The van der Waals surface area contributed by atoms with E-state index in [1.54, 1.807) is 7.11 Å². The van der Waals surface area contributed by atoms with Crippen molar-refractivity contribution in [2.24, 2.45) is 5.41 Å². The molecule has 0 heterocycles. The summed E-state index contributed by atoms with van der Waals surface area (Å²) in [6.45, 7) is 9.24. The van der Waals surface area contributed by atoms with Crippen LogP contribution in [-0.4, -0.2) is 26.9 Å². The van der Waals surface area contributed by atoms with E-state index < -0.39 is 0 Å². The second-order valence-electron chi connectivity index (χ2n) is 5.76. The van der Waals surface area contributed by atoms with Crippen molar-refractivity contribution in [3.8, 4) is 5.75 Å². The Morgan fingerprint density at radius 2 is 1.84 bits per heavy atom. The second-order valence-corrected chi connectivity index (χ2v) is 5.76.